The van der Waals surface area contributed by atoms with Crippen LogP contribution in [-0.4, -0.2) is 42.8 Å². The minimum absolute atomic E-state index is 0.174. The van der Waals surface area contributed by atoms with Crippen molar-refractivity contribution in [3.63, 3.8) is 0 Å². The van der Waals surface area contributed by atoms with Crippen molar-refractivity contribution in [3.8, 4) is 0 Å². The van der Waals surface area contributed by atoms with E-state index in [0.717, 1.165) is 62.9 Å². The molecule has 2 aromatic rings. The van der Waals surface area contributed by atoms with Gasteiger partial charge in [-0.05, 0) is 30.5 Å². The highest BCUT2D eigenvalue weighted by molar-refractivity contribution is 5.52. The van der Waals surface area contributed by atoms with Crippen molar-refractivity contribution >= 4 is 11.6 Å². The smallest absolute Gasteiger partial charge is 0.134 e. The molecule has 0 bridgehead atoms. The van der Waals surface area contributed by atoms with Gasteiger partial charge in [0, 0.05) is 25.7 Å². The van der Waals surface area contributed by atoms with Gasteiger partial charge in [-0.2, -0.15) is 0 Å². The molecule has 2 saturated heterocycles. The molecule has 0 aliphatic carbocycles. The van der Waals surface area contributed by atoms with E-state index in [0.29, 0.717) is 0 Å². The van der Waals surface area contributed by atoms with Crippen LogP contribution in [0.25, 0.3) is 0 Å². The summed E-state index contributed by atoms with van der Waals surface area (Å²) in [5.41, 5.74) is 1.01. The molecule has 0 spiro atoms. The molecule has 0 N–H and O–H groups in total. The van der Waals surface area contributed by atoms with Crippen LogP contribution in [0.15, 0.2) is 36.7 Å². The fraction of sp³-hybridized carbons (Fsp3) is 0.444. The molecule has 2 aliphatic rings. The molecule has 3 heterocycles. The van der Waals surface area contributed by atoms with Gasteiger partial charge in [0.05, 0.1) is 19.3 Å². The average Bonchev–Trinajstić information content (AvgIpc) is 3.12. The van der Waals surface area contributed by atoms with Gasteiger partial charge in [-0.15, -0.1) is 0 Å². The molecule has 1 atom stereocenters. The van der Waals surface area contributed by atoms with E-state index >= 15 is 0 Å². The Labute approximate surface area is 141 Å². The predicted octanol–water partition coefficient (Wildman–Crippen LogP) is 2.79. The van der Waals surface area contributed by atoms with Crippen LogP contribution in [0.1, 0.15) is 24.4 Å². The van der Waals surface area contributed by atoms with Gasteiger partial charge >= 0.3 is 0 Å². The summed E-state index contributed by atoms with van der Waals surface area (Å²) >= 11 is 0. The summed E-state index contributed by atoms with van der Waals surface area (Å²) in [4.78, 5) is 13.4. The standard InChI is InChI=1S/C18H21FN4O/c19-15-4-1-3-14(11-15)16-5-2-6-23(16)18-12-17(20-13-21-18)22-7-9-24-10-8-22/h1,3-4,11-13,16H,2,5-10H2/t16-/m0/s1. The van der Waals surface area contributed by atoms with Gasteiger partial charge in [0.1, 0.15) is 23.8 Å². The molecule has 1 aromatic carbocycles. The molecule has 2 aliphatic heterocycles. The molecule has 1 aromatic heterocycles. The second kappa shape index (κ2) is 6.73. The van der Waals surface area contributed by atoms with Crippen LogP contribution in [0.5, 0.6) is 0 Å². The van der Waals surface area contributed by atoms with E-state index < -0.39 is 0 Å². The van der Waals surface area contributed by atoms with Crippen molar-refractivity contribution in [2.24, 2.45) is 0 Å². The molecule has 126 valence electrons. The maximum Gasteiger partial charge on any atom is 0.134 e. The first-order valence-corrected chi connectivity index (χ1v) is 8.48. The molecule has 0 saturated carbocycles. The van der Waals surface area contributed by atoms with Crippen LogP contribution in [0.3, 0.4) is 0 Å². The molecule has 2 fully saturated rings. The van der Waals surface area contributed by atoms with Crippen LogP contribution in [0, 0.1) is 5.82 Å². The fourth-order valence-corrected chi connectivity index (χ4v) is 3.56. The number of ether oxygens (including phenoxy) is 1. The van der Waals surface area contributed by atoms with Gasteiger partial charge < -0.3 is 14.5 Å². The highest BCUT2D eigenvalue weighted by atomic mass is 19.1. The van der Waals surface area contributed by atoms with Crippen molar-refractivity contribution in [2.75, 3.05) is 42.6 Å². The van der Waals surface area contributed by atoms with Gasteiger partial charge in [0.15, 0.2) is 0 Å². The predicted molar refractivity (Wildman–Crippen MR) is 90.8 cm³/mol. The summed E-state index contributed by atoms with van der Waals surface area (Å²) < 4.78 is 19.0. The van der Waals surface area contributed by atoms with E-state index in [9.17, 15) is 4.39 Å². The highest BCUT2D eigenvalue weighted by Crippen LogP contribution is 2.36. The van der Waals surface area contributed by atoms with E-state index in [4.69, 9.17) is 4.74 Å². The van der Waals surface area contributed by atoms with Gasteiger partial charge in [-0.1, -0.05) is 12.1 Å². The van der Waals surface area contributed by atoms with Gasteiger partial charge in [0.25, 0.3) is 0 Å². The number of anilines is 2. The zero-order valence-corrected chi connectivity index (χ0v) is 13.6. The Kier molecular flexibility index (Phi) is 4.30. The monoisotopic (exact) mass is 328 g/mol. The minimum atomic E-state index is -0.184. The SMILES string of the molecule is Fc1cccc([C@@H]2CCCN2c2cc(N3CCOCC3)ncn2)c1. The zero-order valence-electron chi connectivity index (χ0n) is 13.6. The Hall–Kier alpha value is -2.21. The van der Waals surface area contributed by atoms with E-state index in [1.807, 2.05) is 12.1 Å². The van der Waals surface area contributed by atoms with Crippen molar-refractivity contribution in [3.05, 3.63) is 48.0 Å². The number of nitrogens with zero attached hydrogens (tertiary/aromatic N) is 4. The first kappa shape index (κ1) is 15.3. The zero-order chi connectivity index (χ0) is 16.4. The quantitative estimate of drug-likeness (QED) is 0.867. The molecule has 0 unspecified atom stereocenters. The summed E-state index contributed by atoms with van der Waals surface area (Å²) in [6, 6.07) is 9.12. The maximum atomic E-state index is 13.6. The minimum Gasteiger partial charge on any atom is -0.378 e. The Morgan fingerprint density at radius 1 is 1.04 bits per heavy atom. The number of halogens is 1. The van der Waals surface area contributed by atoms with Crippen molar-refractivity contribution in [2.45, 2.75) is 18.9 Å². The summed E-state index contributed by atoms with van der Waals surface area (Å²) in [7, 11) is 0. The Morgan fingerprint density at radius 3 is 2.71 bits per heavy atom. The van der Waals surface area contributed by atoms with Crippen LogP contribution in [0.2, 0.25) is 0 Å². The summed E-state index contributed by atoms with van der Waals surface area (Å²) in [6.07, 6.45) is 3.72. The Balaban J connectivity index is 1.60. The molecule has 6 heteroatoms. The molecule has 5 nitrogen and oxygen atoms in total. The summed E-state index contributed by atoms with van der Waals surface area (Å²) in [5.74, 6) is 1.67. The molecular formula is C18H21FN4O. The average molecular weight is 328 g/mol. The lowest BCUT2D eigenvalue weighted by atomic mass is 10.0. The number of hydrogen-bond acceptors (Lipinski definition) is 5. The normalized spacial score (nSPS) is 21.3. The second-order valence-corrected chi connectivity index (χ2v) is 6.24. The van der Waals surface area contributed by atoms with E-state index in [1.165, 1.54) is 6.07 Å². The van der Waals surface area contributed by atoms with Crippen LogP contribution < -0.4 is 9.80 Å². The van der Waals surface area contributed by atoms with Gasteiger partial charge in [-0.3, -0.25) is 0 Å². The van der Waals surface area contributed by atoms with Crippen molar-refractivity contribution in [1.82, 2.24) is 9.97 Å². The largest absolute Gasteiger partial charge is 0.378 e. The molecule has 4 rings (SSSR count). The van der Waals surface area contributed by atoms with Crippen LogP contribution >= 0.6 is 0 Å². The van der Waals surface area contributed by atoms with E-state index in [1.54, 1.807) is 18.5 Å². The number of aromatic nitrogens is 2. The third-order valence-corrected chi connectivity index (χ3v) is 4.75. The highest BCUT2D eigenvalue weighted by Gasteiger charge is 2.28. The molecule has 24 heavy (non-hydrogen) atoms. The number of hydrogen-bond donors (Lipinski definition) is 0. The van der Waals surface area contributed by atoms with Crippen molar-refractivity contribution in [1.29, 1.82) is 0 Å². The molecular weight excluding hydrogens is 307 g/mol. The summed E-state index contributed by atoms with van der Waals surface area (Å²) in [5, 5.41) is 0. The number of morpholine rings is 1. The van der Waals surface area contributed by atoms with E-state index in [2.05, 4.69) is 19.8 Å². The first-order valence-electron chi connectivity index (χ1n) is 8.48. The topological polar surface area (TPSA) is 41.5 Å². The van der Waals surface area contributed by atoms with Gasteiger partial charge in [0.2, 0.25) is 0 Å². The lowest BCUT2D eigenvalue weighted by molar-refractivity contribution is 0.122. The lowest BCUT2D eigenvalue weighted by Gasteiger charge is -2.30. The molecule has 0 amide bonds. The third kappa shape index (κ3) is 3.06. The van der Waals surface area contributed by atoms with Crippen LogP contribution in [0.4, 0.5) is 16.0 Å². The number of benzene rings is 1. The number of rotatable bonds is 3. The van der Waals surface area contributed by atoms with Gasteiger partial charge in [-0.25, -0.2) is 14.4 Å². The first-order chi connectivity index (χ1) is 11.8. The third-order valence-electron chi connectivity index (χ3n) is 4.75. The summed E-state index contributed by atoms with van der Waals surface area (Å²) in [6.45, 7) is 4.10. The Morgan fingerprint density at radius 2 is 1.88 bits per heavy atom. The Bertz CT molecular complexity index is 705. The lowest BCUT2D eigenvalue weighted by Crippen LogP contribution is -2.37. The maximum absolute atomic E-state index is 13.6. The van der Waals surface area contributed by atoms with Crippen molar-refractivity contribution < 1.29 is 9.13 Å². The van der Waals surface area contributed by atoms with Crippen LogP contribution in [-0.2, 0) is 4.74 Å². The fourth-order valence-electron chi connectivity index (χ4n) is 3.56. The van der Waals surface area contributed by atoms with E-state index in [-0.39, 0.29) is 11.9 Å². The molecule has 0 radical (unpaired) electrons. The second-order valence-electron chi connectivity index (χ2n) is 6.24.